The van der Waals surface area contributed by atoms with Crippen LogP contribution < -0.4 is 5.32 Å². The maximum Gasteiger partial charge on any atom is 0.0510 e. The van der Waals surface area contributed by atoms with Crippen LogP contribution in [-0.2, 0) is 11.2 Å². The van der Waals surface area contributed by atoms with E-state index in [1.807, 2.05) is 0 Å². The van der Waals surface area contributed by atoms with Gasteiger partial charge in [0.1, 0.15) is 0 Å². The number of halogens is 1. The fraction of sp³-hybridized carbons (Fsp3) is 0.455. The molecule has 76 valence electrons. The first-order valence-corrected chi connectivity index (χ1v) is 5.60. The number of rotatable bonds is 2. The molecule has 0 fully saturated rings. The zero-order valence-corrected chi connectivity index (χ0v) is 9.80. The standard InChI is InChI=1S/C11H14BrNO/c1-14-7-8-4-9-5-10(12)2-3-11(9)13-6-8/h2-3,5,8,13H,4,6-7H2,1H3. The van der Waals surface area contributed by atoms with Gasteiger partial charge in [-0.25, -0.2) is 0 Å². The number of methoxy groups -OCH3 is 1. The quantitative estimate of drug-likeness (QED) is 0.878. The molecular formula is C11H14BrNO. The minimum atomic E-state index is 0.599. The van der Waals surface area contributed by atoms with Crippen LogP contribution in [0.25, 0.3) is 0 Å². The third-order valence-electron chi connectivity index (χ3n) is 2.56. The van der Waals surface area contributed by atoms with Crippen LogP contribution in [0.5, 0.6) is 0 Å². The SMILES string of the molecule is COCC1CNc2ccc(Br)cc2C1. The average Bonchev–Trinajstić information content (AvgIpc) is 2.17. The van der Waals surface area contributed by atoms with Crippen molar-refractivity contribution in [1.29, 1.82) is 0 Å². The van der Waals surface area contributed by atoms with Crippen molar-refractivity contribution in [2.45, 2.75) is 6.42 Å². The molecule has 1 aromatic carbocycles. The lowest BCUT2D eigenvalue weighted by Gasteiger charge is -2.25. The third kappa shape index (κ3) is 2.10. The Morgan fingerprint density at radius 2 is 2.43 bits per heavy atom. The predicted octanol–water partition coefficient (Wildman–Crippen LogP) is 2.68. The van der Waals surface area contributed by atoms with Crippen LogP contribution in [-0.4, -0.2) is 20.3 Å². The first kappa shape index (κ1) is 9.99. The van der Waals surface area contributed by atoms with E-state index in [0.717, 1.165) is 24.0 Å². The molecule has 2 rings (SSSR count). The van der Waals surface area contributed by atoms with Gasteiger partial charge in [0.2, 0.25) is 0 Å². The van der Waals surface area contributed by atoms with Crippen molar-refractivity contribution in [2.24, 2.45) is 5.92 Å². The summed E-state index contributed by atoms with van der Waals surface area (Å²) >= 11 is 3.49. The van der Waals surface area contributed by atoms with E-state index in [9.17, 15) is 0 Å². The molecule has 0 aromatic heterocycles. The lowest BCUT2D eigenvalue weighted by atomic mass is 9.95. The van der Waals surface area contributed by atoms with Gasteiger partial charge in [0.05, 0.1) is 6.61 Å². The molecular weight excluding hydrogens is 242 g/mol. The fourth-order valence-corrected chi connectivity index (χ4v) is 2.30. The normalized spacial score (nSPS) is 20.0. The van der Waals surface area contributed by atoms with Crippen molar-refractivity contribution in [3.05, 3.63) is 28.2 Å². The molecule has 3 heteroatoms. The van der Waals surface area contributed by atoms with Crippen LogP contribution in [0.15, 0.2) is 22.7 Å². The van der Waals surface area contributed by atoms with E-state index in [2.05, 4.69) is 39.4 Å². The van der Waals surface area contributed by atoms with Gasteiger partial charge >= 0.3 is 0 Å². The highest BCUT2D eigenvalue weighted by atomic mass is 79.9. The molecule has 0 saturated carbocycles. The summed E-state index contributed by atoms with van der Waals surface area (Å²) in [4.78, 5) is 0. The van der Waals surface area contributed by atoms with Crippen LogP contribution in [0.4, 0.5) is 5.69 Å². The van der Waals surface area contributed by atoms with Crippen LogP contribution in [0.2, 0.25) is 0 Å². The van der Waals surface area contributed by atoms with Gasteiger partial charge in [-0.05, 0) is 30.2 Å². The number of benzene rings is 1. The lowest BCUT2D eigenvalue weighted by molar-refractivity contribution is 0.156. The van der Waals surface area contributed by atoms with E-state index in [1.165, 1.54) is 11.3 Å². The van der Waals surface area contributed by atoms with E-state index in [1.54, 1.807) is 7.11 Å². The Morgan fingerprint density at radius 1 is 1.57 bits per heavy atom. The summed E-state index contributed by atoms with van der Waals surface area (Å²) in [5.74, 6) is 0.599. The first-order valence-electron chi connectivity index (χ1n) is 4.81. The second-order valence-electron chi connectivity index (χ2n) is 3.71. The molecule has 1 aliphatic heterocycles. The maximum atomic E-state index is 5.17. The largest absolute Gasteiger partial charge is 0.384 e. The Balaban J connectivity index is 2.16. The Bertz CT molecular complexity index is 327. The molecule has 0 spiro atoms. The highest BCUT2D eigenvalue weighted by Gasteiger charge is 2.17. The Hall–Kier alpha value is -0.540. The molecule has 1 heterocycles. The molecule has 0 amide bonds. The van der Waals surface area contributed by atoms with E-state index < -0.39 is 0 Å². The van der Waals surface area contributed by atoms with Gasteiger partial charge < -0.3 is 10.1 Å². The third-order valence-corrected chi connectivity index (χ3v) is 3.05. The molecule has 0 bridgehead atoms. The number of hydrogen-bond donors (Lipinski definition) is 1. The van der Waals surface area contributed by atoms with Crippen molar-refractivity contribution in [3.8, 4) is 0 Å². The number of fused-ring (bicyclic) bond motifs is 1. The Labute approximate surface area is 92.8 Å². The maximum absolute atomic E-state index is 5.17. The van der Waals surface area contributed by atoms with Crippen LogP contribution in [0.1, 0.15) is 5.56 Å². The predicted molar refractivity (Wildman–Crippen MR) is 61.7 cm³/mol. The second-order valence-corrected chi connectivity index (χ2v) is 4.62. The highest BCUT2D eigenvalue weighted by Crippen LogP contribution is 2.27. The van der Waals surface area contributed by atoms with Crippen molar-refractivity contribution in [2.75, 3.05) is 25.6 Å². The molecule has 1 aromatic rings. The fourth-order valence-electron chi connectivity index (χ4n) is 1.89. The summed E-state index contributed by atoms with van der Waals surface area (Å²) in [5, 5.41) is 3.42. The number of hydrogen-bond acceptors (Lipinski definition) is 2. The van der Waals surface area contributed by atoms with Gasteiger partial charge in [0, 0.05) is 29.7 Å². The molecule has 1 aliphatic rings. The molecule has 1 N–H and O–H groups in total. The van der Waals surface area contributed by atoms with E-state index >= 15 is 0 Å². The van der Waals surface area contributed by atoms with E-state index in [0.29, 0.717) is 5.92 Å². The Kier molecular flexibility index (Phi) is 3.08. The van der Waals surface area contributed by atoms with E-state index in [4.69, 9.17) is 4.74 Å². The topological polar surface area (TPSA) is 21.3 Å². The van der Waals surface area contributed by atoms with Gasteiger partial charge in [0.25, 0.3) is 0 Å². The molecule has 14 heavy (non-hydrogen) atoms. The summed E-state index contributed by atoms with van der Waals surface area (Å²) in [6.07, 6.45) is 1.11. The van der Waals surface area contributed by atoms with E-state index in [-0.39, 0.29) is 0 Å². The van der Waals surface area contributed by atoms with Crippen molar-refractivity contribution >= 4 is 21.6 Å². The molecule has 1 unspecified atom stereocenters. The Morgan fingerprint density at radius 3 is 3.21 bits per heavy atom. The van der Waals surface area contributed by atoms with Gasteiger partial charge in [-0.15, -0.1) is 0 Å². The summed E-state index contributed by atoms with van der Waals surface area (Å²) < 4.78 is 6.32. The first-order chi connectivity index (χ1) is 6.79. The van der Waals surface area contributed by atoms with Gasteiger partial charge in [0.15, 0.2) is 0 Å². The molecule has 1 atom stereocenters. The van der Waals surface area contributed by atoms with Crippen LogP contribution in [0, 0.1) is 5.92 Å². The minimum absolute atomic E-state index is 0.599. The van der Waals surface area contributed by atoms with Crippen molar-refractivity contribution < 1.29 is 4.74 Å². The van der Waals surface area contributed by atoms with Crippen molar-refractivity contribution in [1.82, 2.24) is 0 Å². The second kappa shape index (κ2) is 4.32. The number of anilines is 1. The zero-order chi connectivity index (χ0) is 9.97. The van der Waals surface area contributed by atoms with Gasteiger partial charge in [-0.3, -0.25) is 0 Å². The lowest BCUT2D eigenvalue weighted by Crippen LogP contribution is -2.26. The number of nitrogens with one attached hydrogen (secondary N) is 1. The van der Waals surface area contributed by atoms with Crippen molar-refractivity contribution in [3.63, 3.8) is 0 Å². The van der Waals surface area contributed by atoms with Crippen LogP contribution >= 0.6 is 15.9 Å². The molecule has 0 radical (unpaired) electrons. The molecule has 0 saturated heterocycles. The summed E-state index contributed by atoms with van der Waals surface area (Å²) in [6.45, 7) is 1.85. The number of ether oxygens (including phenoxy) is 1. The highest BCUT2D eigenvalue weighted by molar-refractivity contribution is 9.10. The molecule has 2 nitrogen and oxygen atoms in total. The minimum Gasteiger partial charge on any atom is -0.384 e. The average molecular weight is 256 g/mol. The van der Waals surface area contributed by atoms with Crippen LogP contribution in [0.3, 0.4) is 0 Å². The summed E-state index contributed by atoms with van der Waals surface area (Å²) in [7, 11) is 1.76. The zero-order valence-electron chi connectivity index (χ0n) is 8.22. The smallest absolute Gasteiger partial charge is 0.0510 e. The van der Waals surface area contributed by atoms with Gasteiger partial charge in [-0.1, -0.05) is 15.9 Å². The van der Waals surface area contributed by atoms with Gasteiger partial charge in [-0.2, -0.15) is 0 Å². The monoisotopic (exact) mass is 255 g/mol. The summed E-state index contributed by atoms with van der Waals surface area (Å²) in [5.41, 5.74) is 2.65. The summed E-state index contributed by atoms with van der Waals surface area (Å²) in [6, 6.07) is 6.38. The molecule has 0 aliphatic carbocycles.